The van der Waals surface area contributed by atoms with Gasteiger partial charge in [-0.3, -0.25) is 14.4 Å². The van der Waals surface area contributed by atoms with Crippen LogP contribution in [0.15, 0.2) is 0 Å². The van der Waals surface area contributed by atoms with Crippen molar-refractivity contribution in [1.82, 2.24) is 10.6 Å². The second kappa shape index (κ2) is 12.2. The number of carbonyl (C=O) groups is 3. The Morgan fingerprint density at radius 1 is 1.00 bits per heavy atom. The Kier molecular flexibility index (Phi) is 11.3. The van der Waals surface area contributed by atoms with Crippen LogP contribution in [0.3, 0.4) is 0 Å². The fourth-order valence-electron chi connectivity index (χ4n) is 1.94. The molecule has 0 radical (unpaired) electrons. The Labute approximate surface area is 126 Å². The summed E-state index contributed by atoms with van der Waals surface area (Å²) in [4.78, 5) is 33.4. The molecule has 2 amide bonds. The number of nitrogens with one attached hydrogen (secondary N) is 2. The molecule has 0 rings (SSSR count). The molecular formula is C15H28N2O4. The molecular weight excluding hydrogens is 272 g/mol. The Balaban J connectivity index is 3.64. The van der Waals surface area contributed by atoms with Gasteiger partial charge >= 0.3 is 5.97 Å². The smallest absolute Gasteiger partial charge is 0.322 e. The van der Waals surface area contributed by atoms with Gasteiger partial charge in [0.15, 0.2) is 0 Å². The maximum absolute atomic E-state index is 11.6. The molecule has 1 atom stereocenters. The maximum Gasteiger partial charge on any atom is 0.322 e. The standard InChI is InChI=1S/C15H28N2O4/c1-3-4-5-6-7-8-9-10-13(18)17-12(2)15(21)16-11-14(19)20/h12H,3-11H2,1-2H3,(H,16,21)(H,17,18)(H,19,20)/t12-/m0/s1. The van der Waals surface area contributed by atoms with Crippen LogP contribution in [0.25, 0.3) is 0 Å². The highest BCUT2D eigenvalue weighted by molar-refractivity contribution is 5.88. The van der Waals surface area contributed by atoms with Crippen LogP contribution >= 0.6 is 0 Å². The number of aliphatic carboxylic acids is 1. The first-order valence-corrected chi connectivity index (χ1v) is 7.76. The number of carboxylic acids is 1. The van der Waals surface area contributed by atoms with Gasteiger partial charge in [0.25, 0.3) is 0 Å². The molecule has 0 heterocycles. The molecule has 0 bridgehead atoms. The van der Waals surface area contributed by atoms with Crippen LogP contribution in [-0.4, -0.2) is 35.5 Å². The van der Waals surface area contributed by atoms with Crippen LogP contribution in [0.2, 0.25) is 0 Å². The van der Waals surface area contributed by atoms with Gasteiger partial charge in [0.05, 0.1) is 0 Å². The first kappa shape index (κ1) is 19.4. The summed E-state index contributed by atoms with van der Waals surface area (Å²) in [5.74, 6) is -1.75. The molecule has 0 aliphatic heterocycles. The minimum absolute atomic E-state index is 0.165. The average Bonchev–Trinajstić information content (AvgIpc) is 2.43. The zero-order valence-electron chi connectivity index (χ0n) is 13.1. The van der Waals surface area contributed by atoms with Crippen LogP contribution in [0.5, 0.6) is 0 Å². The van der Waals surface area contributed by atoms with Crippen molar-refractivity contribution in [2.75, 3.05) is 6.54 Å². The van der Waals surface area contributed by atoms with Crippen LogP contribution in [0, 0.1) is 0 Å². The average molecular weight is 300 g/mol. The molecule has 0 unspecified atom stereocenters. The first-order valence-electron chi connectivity index (χ1n) is 7.76. The zero-order chi connectivity index (χ0) is 16.1. The Morgan fingerprint density at radius 2 is 1.57 bits per heavy atom. The molecule has 0 saturated carbocycles. The molecule has 6 heteroatoms. The maximum atomic E-state index is 11.6. The van der Waals surface area contributed by atoms with Crippen molar-refractivity contribution in [2.24, 2.45) is 0 Å². The number of unbranched alkanes of at least 4 members (excludes halogenated alkanes) is 6. The predicted octanol–water partition coefficient (Wildman–Crippen LogP) is 1.83. The molecule has 122 valence electrons. The zero-order valence-corrected chi connectivity index (χ0v) is 13.1. The largest absolute Gasteiger partial charge is 0.480 e. The predicted molar refractivity (Wildman–Crippen MR) is 80.9 cm³/mol. The van der Waals surface area contributed by atoms with Crippen molar-refractivity contribution in [1.29, 1.82) is 0 Å². The van der Waals surface area contributed by atoms with Crippen molar-refractivity contribution in [2.45, 2.75) is 71.3 Å². The quantitative estimate of drug-likeness (QED) is 0.479. The summed E-state index contributed by atoms with van der Waals surface area (Å²) in [6.45, 7) is 3.29. The van der Waals surface area contributed by atoms with Gasteiger partial charge in [-0.2, -0.15) is 0 Å². The molecule has 0 spiro atoms. The van der Waals surface area contributed by atoms with Crippen molar-refractivity contribution in [3.05, 3.63) is 0 Å². The lowest BCUT2D eigenvalue weighted by Gasteiger charge is -2.13. The van der Waals surface area contributed by atoms with Gasteiger partial charge in [0, 0.05) is 6.42 Å². The molecule has 0 fully saturated rings. The lowest BCUT2D eigenvalue weighted by molar-refractivity contribution is -0.138. The lowest BCUT2D eigenvalue weighted by atomic mass is 10.1. The van der Waals surface area contributed by atoms with Crippen molar-refractivity contribution in [3.8, 4) is 0 Å². The van der Waals surface area contributed by atoms with Crippen molar-refractivity contribution >= 4 is 17.8 Å². The van der Waals surface area contributed by atoms with E-state index < -0.39 is 24.5 Å². The monoisotopic (exact) mass is 300 g/mol. The van der Waals surface area contributed by atoms with Crippen molar-refractivity contribution in [3.63, 3.8) is 0 Å². The van der Waals surface area contributed by atoms with E-state index in [1.165, 1.54) is 25.7 Å². The molecule has 0 saturated heterocycles. The summed E-state index contributed by atoms with van der Waals surface area (Å²) in [7, 11) is 0. The lowest BCUT2D eigenvalue weighted by Crippen LogP contribution is -2.46. The fourth-order valence-corrected chi connectivity index (χ4v) is 1.94. The van der Waals surface area contributed by atoms with Gasteiger partial charge in [0.2, 0.25) is 11.8 Å². The van der Waals surface area contributed by atoms with Gasteiger partial charge in [-0.1, -0.05) is 45.4 Å². The first-order chi connectivity index (χ1) is 9.97. The summed E-state index contributed by atoms with van der Waals surface area (Å²) < 4.78 is 0. The van der Waals surface area contributed by atoms with E-state index in [2.05, 4.69) is 17.6 Å². The van der Waals surface area contributed by atoms with Crippen LogP contribution in [0.1, 0.15) is 65.2 Å². The highest BCUT2D eigenvalue weighted by Crippen LogP contribution is 2.08. The summed E-state index contributed by atoms with van der Waals surface area (Å²) >= 11 is 0. The number of amides is 2. The summed E-state index contributed by atoms with van der Waals surface area (Å²) in [6, 6.07) is -0.707. The topological polar surface area (TPSA) is 95.5 Å². The molecule has 0 aliphatic rings. The Hall–Kier alpha value is -1.59. The minimum atomic E-state index is -1.11. The Morgan fingerprint density at radius 3 is 2.14 bits per heavy atom. The second-order valence-electron chi connectivity index (χ2n) is 5.27. The third kappa shape index (κ3) is 11.9. The summed E-state index contributed by atoms with van der Waals surface area (Å²) in [6.07, 6.45) is 8.35. The van der Waals surface area contributed by atoms with E-state index in [0.717, 1.165) is 19.3 Å². The van der Waals surface area contributed by atoms with E-state index in [4.69, 9.17) is 5.11 Å². The van der Waals surface area contributed by atoms with E-state index in [0.29, 0.717) is 6.42 Å². The molecule has 6 nitrogen and oxygen atoms in total. The van der Waals surface area contributed by atoms with Crippen LogP contribution in [0.4, 0.5) is 0 Å². The molecule has 3 N–H and O–H groups in total. The second-order valence-corrected chi connectivity index (χ2v) is 5.27. The van der Waals surface area contributed by atoms with Gasteiger partial charge in [-0.25, -0.2) is 0 Å². The Bertz CT molecular complexity index is 332. The fraction of sp³-hybridized carbons (Fsp3) is 0.800. The van der Waals surface area contributed by atoms with Gasteiger partial charge in [-0.05, 0) is 13.3 Å². The number of hydrogen-bond acceptors (Lipinski definition) is 3. The van der Waals surface area contributed by atoms with Gasteiger partial charge < -0.3 is 15.7 Å². The molecule has 0 aromatic heterocycles. The number of hydrogen-bond donors (Lipinski definition) is 3. The third-order valence-corrected chi connectivity index (χ3v) is 3.19. The summed E-state index contributed by atoms with van der Waals surface area (Å²) in [5, 5.41) is 13.2. The van der Waals surface area contributed by atoms with E-state index in [9.17, 15) is 14.4 Å². The van der Waals surface area contributed by atoms with Gasteiger partial charge in [0.1, 0.15) is 12.6 Å². The molecule has 0 aromatic carbocycles. The highest BCUT2D eigenvalue weighted by Gasteiger charge is 2.15. The van der Waals surface area contributed by atoms with Crippen LogP contribution < -0.4 is 10.6 Å². The van der Waals surface area contributed by atoms with E-state index >= 15 is 0 Å². The normalized spacial score (nSPS) is 11.7. The van der Waals surface area contributed by atoms with E-state index in [1.807, 2.05) is 0 Å². The van der Waals surface area contributed by atoms with E-state index in [1.54, 1.807) is 6.92 Å². The van der Waals surface area contributed by atoms with Gasteiger partial charge in [-0.15, -0.1) is 0 Å². The third-order valence-electron chi connectivity index (χ3n) is 3.19. The number of carboxylic acid groups (broad SMARTS) is 1. The van der Waals surface area contributed by atoms with Crippen LogP contribution in [-0.2, 0) is 14.4 Å². The molecule has 0 aliphatic carbocycles. The minimum Gasteiger partial charge on any atom is -0.480 e. The summed E-state index contributed by atoms with van der Waals surface area (Å²) in [5.41, 5.74) is 0. The highest BCUT2D eigenvalue weighted by atomic mass is 16.4. The SMILES string of the molecule is CCCCCCCCCC(=O)N[C@@H](C)C(=O)NCC(=O)O. The molecule has 0 aromatic rings. The number of carbonyl (C=O) groups excluding carboxylic acids is 2. The molecule has 21 heavy (non-hydrogen) atoms. The number of rotatable bonds is 12. The van der Waals surface area contributed by atoms with E-state index in [-0.39, 0.29) is 5.91 Å². The van der Waals surface area contributed by atoms with Crippen molar-refractivity contribution < 1.29 is 19.5 Å².